The van der Waals surface area contributed by atoms with Crippen molar-refractivity contribution in [2.24, 2.45) is 5.10 Å². The van der Waals surface area contributed by atoms with Gasteiger partial charge in [-0.3, -0.25) is 4.79 Å². The Morgan fingerprint density at radius 2 is 1.68 bits per heavy atom. The van der Waals surface area contributed by atoms with Crippen LogP contribution in [-0.4, -0.2) is 18.7 Å². The second kappa shape index (κ2) is 7.41. The molecule has 114 valence electrons. The van der Waals surface area contributed by atoms with Crippen LogP contribution in [0.1, 0.15) is 22.3 Å². The van der Waals surface area contributed by atoms with Crippen molar-refractivity contribution in [3.05, 3.63) is 64.7 Å². The number of hydrogen-bond acceptors (Lipinski definition) is 3. The molecule has 0 aliphatic rings. The number of ether oxygens (including phenoxy) is 1. The smallest absolute Gasteiger partial charge is 0.277 e. The quantitative estimate of drug-likeness (QED) is 0.680. The Balaban J connectivity index is 1.88. The van der Waals surface area contributed by atoms with Gasteiger partial charge in [-0.25, -0.2) is 5.43 Å². The zero-order valence-electron chi connectivity index (χ0n) is 13.1. The molecule has 0 unspecified atom stereocenters. The summed E-state index contributed by atoms with van der Waals surface area (Å²) in [4.78, 5) is 11.8. The molecule has 0 fully saturated rings. The number of amides is 1. The van der Waals surface area contributed by atoms with Gasteiger partial charge in [-0.1, -0.05) is 42.5 Å². The number of hydrogen-bond donors (Lipinski definition) is 1. The molecular formula is C18H20N2O2. The van der Waals surface area contributed by atoms with Gasteiger partial charge < -0.3 is 4.74 Å². The van der Waals surface area contributed by atoms with Crippen LogP contribution in [0.2, 0.25) is 0 Å². The summed E-state index contributed by atoms with van der Waals surface area (Å²) in [5.74, 6) is 0.466. The predicted octanol–water partition coefficient (Wildman–Crippen LogP) is 3.14. The lowest BCUT2D eigenvalue weighted by Gasteiger charge is -2.10. The van der Waals surface area contributed by atoms with E-state index in [9.17, 15) is 4.79 Å². The Kier molecular flexibility index (Phi) is 5.31. The maximum Gasteiger partial charge on any atom is 0.277 e. The highest BCUT2D eigenvalue weighted by molar-refractivity contribution is 5.84. The van der Waals surface area contributed by atoms with Crippen molar-refractivity contribution < 1.29 is 9.53 Å². The van der Waals surface area contributed by atoms with Crippen molar-refractivity contribution >= 4 is 12.1 Å². The summed E-state index contributed by atoms with van der Waals surface area (Å²) in [5, 5.41) is 3.95. The molecule has 2 aromatic carbocycles. The number of carbonyl (C=O) groups is 1. The zero-order chi connectivity index (χ0) is 15.9. The Morgan fingerprint density at radius 1 is 1.05 bits per heavy atom. The number of rotatable bonds is 5. The van der Waals surface area contributed by atoms with Gasteiger partial charge >= 0.3 is 0 Å². The van der Waals surface area contributed by atoms with Crippen molar-refractivity contribution in [1.82, 2.24) is 5.43 Å². The first-order valence-corrected chi connectivity index (χ1v) is 7.14. The largest absolute Gasteiger partial charge is 0.483 e. The van der Waals surface area contributed by atoms with Gasteiger partial charge in [0.2, 0.25) is 0 Å². The SMILES string of the molecule is Cc1ccccc1/C=N\NC(=O)COc1c(C)cccc1C. The highest BCUT2D eigenvalue weighted by Crippen LogP contribution is 2.21. The second-order valence-corrected chi connectivity index (χ2v) is 5.16. The normalized spacial score (nSPS) is 10.7. The third-order valence-corrected chi connectivity index (χ3v) is 3.34. The van der Waals surface area contributed by atoms with E-state index in [1.54, 1.807) is 6.21 Å². The molecule has 2 aromatic rings. The van der Waals surface area contributed by atoms with Crippen molar-refractivity contribution in [3.63, 3.8) is 0 Å². The molecule has 22 heavy (non-hydrogen) atoms. The number of nitrogens with one attached hydrogen (secondary N) is 1. The molecule has 0 spiro atoms. The van der Waals surface area contributed by atoms with Crippen molar-refractivity contribution in [2.75, 3.05) is 6.61 Å². The third kappa shape index (κ3) is 4.19. The first-order chi connectivity index (χ1) is 10.6. The van der Waals surface area contributed by atoms with Gasteiger partial charge in [0.05, 0.1) is 6.21 Å². The standard InChI is InChI=1S/C18H20N2O2/c1-13-7-4-5-10-16(13)11-19-20-17(21)12-22-18-14(2)8-6-9-15(18)3/h4-11H,12H2,1-3H3,(H,20,21)/b19-11-. The number of carbonyl (C=O) groups excluding carboxylic acids is 1. The van der Waals surface area contributed by atoms with E-state index in [-0.39, 0.29) is 12.5 Å². The van der Waals surface area contributed by atoms with E-state index in [0.29, 0.717) is 0 Å². The van der Waals surface area contributed by atoms with Crippen molar-refractivity contribution in [3.8, 4) is 5.75 Å². The molecular weight excluding hydrogens is 276 g/mol. The molecule has 4 heteroatoms. The fraction of sp³-hybridized carbons (Fsp3) is 0.222. The lowest BCUT2D eigenvalue weighted by molar-refractivity contribution is -0.123. The molecule has 0 heterocycles. The fourth-order valence-corrected chi connectivity index (χ4v) is 2.10. The summed E-state index contributed by atoms with van der Waals surface area (Å²) in [7, 11) is 0. The van der Waals surface area contributed by atoms with Crippen LogP contribution in [0.4, 0.5) is 0 Å². The Hall–Kier alpha value is -2.62. The van der Waals surface area contributed by atoms with Gasteiger partial charge in [0, 0.05) is 0 Å². The van der Waals surface area contributed by atoms with Gasteiger partial charge in [-0.15, -0.1) is 0 Å². The molecule has 0 aliphatic carbocycles. The van der Waals surface area contributed by atoms with Crippen molar-refractivity contribution in [1.29, 1.82) is 0 Å². The van der Waals surface area contributed by atoms with Gasteiger partial charge in [0.15, 0.2) is 6.61 Å². The van der Waals surface area contributed by atoms with Crippen LogP contribution in [0.25, 0.3) is 0 Å². The lowest BCUT2D eigenvalue weighted by atomic mass is 10.1. The lowest BCUT2D eigenvalue weighted by Crippen LogP contribution is -2.25. The summed E-state index contributed by atoms with van der Waals surface area (Å²) < 4.78 is 5.57. The average Bonchev–Trinajstić information content (AvgIpc) is 2.49. The minimum atomic E-state index is -0.285. The molecule has 0 bridgehead atoms. The van der Waals surface area contributed by atoms with E-state index in [4.69, 9.17) is 4.74 Å². The summed E-state index contributed by atoms with van der Waals surface area (Å²) >= 11 is 0. The number of aryl methyl sites for hydroxylation is 3. The molecule has 4 nitrogen and oxygen atoms in total. The number of hydrazone groups is 1. The second-order valence-electron chi connectivity index (χ2n) is 5.16. The predicted molar refractivity (Wildman–Crippen MR) is 88.3 cm³/mol. The van der Waals surface area contributed by atoms with E-state index < -0.39 is 0 Å². The molecule has 0 saturated heterocycles. The summed E-state index contributed by atoms with van der Waals surface area (Å²) in [6, 6.07) is 13.7. The highest BCUT2D eigenvalue weighted by Gasteiger charge is 2.06. The minimum absolute atomic E-state index is 0.0587. The summed E-state index contributed by atoms with van der Waals surface area (Å²) in [6.07, 6.45) is 1.63. The van der Waals surface area contributed by atoms with Crippen LogP contribution in [0.3, 0.4) is 0 Å². The Morgan fingerprint density at radius 3 is 2.36 bits per heavy atom. The molecule has 2 rings (SSSR count). The van der Waals surface area contributed by atoms with Gasteiger partial charge in [-0.05, 0) is 43.0 Å². The van der Waals surface area contributed by atoms with E-state index >= 15 is 0 Å². The number of para-hydroxylation sites is 1. The van der Waals surface area contributed by atoms with Crippen molar-refractivity contribution in [2.45, 2.75) is 20.8 Å². The summed E-state index contributed by atoms with van der Waals surface area (Å²) in [6.45, 7) is 5.84. The van der Waals surface area contributed by atoms with E-state index in [0.717, 1.165) is 28.0 Å². The average molecular weight is 296 g/mol. The molecule has 0 aliphatic heterocycles. The number of nitrogens with zero attached hydrogens (tertiary/aromatic N) is 1. The third-order valence-electron chi connectivity index (χ3n) is 3.34. The molecule has 1 amide bonds. The Labute approximate surface area is 130 Å². The molecule has 1 N–H and O–H groups in total. The number of benzene rings is 2. The van der Waals surface area contributed by atoms with Crippen LogP contribution in [0.5, 0.6) is 5.75 Å². The van der Waals surface area contributed by atoms with Crippen LogP contribution < -0.4 is 10.2 Å². The first kappa shape index (κ1) is 15.8. The highest BCUT2D eigenvalue weighted by atomic mass is 16.5. The summed E-state index contributed by atoms with van der Waals surface area (Å²) in [5.41, 5.74) is 6.57. The van der Waals surface area contributed by atoms with Crippen LogP contribution >= 0.6 is 0 Å². The van der Waals surface area contributed by atoms with Crippen LogP contribution in [0, 0.1) is 20.8 Å². The molecule has 0 radical (unpaired) electrons. The van der Waals surface area contributed by atoms with E-state index in [2.05, 4.69) is 10.5 Å². The maximum absolute atomic E-state index is 11.8. The zero-order valence-corrected chi connectivity index (χ0v) is 13.1. The van der Waals surface area contributed by atoms with Crippen LogP contribution in [0.15, 0.2) is 47.6 Å². The topological polar surface area (TPSA) is 50.7 Å². The Bertz CT molecular complexity index is 673. The molecule has 0 aromatic heterocycles. The monoisotopic (exact) mass is 296 g/mol. The van der Waals surface area contributed by atoms with E-state index in [1.165, 1.54) is 0 Å². The van der Waals surface area contributed by atoms with Gasteiger partial charge in [0.1, 0.15) is 5.75 Å². The molecule has 0 atom stereocenters. The van der Waals surface area contributed by atoms with Crippen LogP contribution in [-0.2, 0) is 4.79 Å². The maximum atomic E-state index is 11.8. The van der Waals surface area contributed by atoms with E-state index in [1.807, 2.05) is 63.2 Å². The first-order valence-electron chi connectivity index (χ1n) is 7.14. The van der Waals surface area contributed by atoms with Gasteiger partial charge in [-0.2, -0.15) is 5.10 Å². The molecule has 0 saturated carbocycles. The fourth-order valence-electron chi connectivity index (χ4n) is 2.10. The van der Waals surface area contributed by atoms with Gasteiger partial charge in [0.25, 0.3) is 5.91 Å². The minimum Gasteiger partial charge on any atom is -0.483 e.